The lowest BCUT2D eigenvalue weighted by atomic mass is 10.2. The first-order valence-corrected chi connectivity index (χ1v) is 7.12. The Hall–Kier alpha value is -1.45. The second-order valence-electron chi connectivity index (χ2n) is 5.79. The highest BCUT2D eigenvalue weighted by molar-refractivity contribution is 5.53. The van der Waals surface area contributed by atoms with Gasteiger partial charge in [0.15, 0.2) is 0 Å². The third kappa shape index (κ3) is 6.32. The van der Waals surface area contributed by atoms with Crippen molar-refractivity contribution in [3.05, 3.63) is 12.1 Å². The molecule has 0 aliphatic rings. The molecule has 1 aromatic rings. The predicted molar refractivity (Wildman–Crippen MR) is 81.7 cm³/mol. The van der Waals surface area contributed by atoms with E-state index in [9.17, 15) is 0 Å². The third-order valence-corrected chi connectivity index (χ3v) is 2.63. The van der Waals surface area contributed by atoms with E-state index in [0.717, 1.165) is 18.8 Å². The normalized spacial score (nSPS) is 11.4. The molecular formula is C15H27N3O. The average molecular weight is 265 g/mol. The van der Waals surface area contributed by atoms with Gasteiger partial charge in [-0.15, -0.1) is 0 Å². The van der Waals surface area contributed by atoms with Gasteiger partial charge in [-0.05, 0) is 39.3 Å². The van der Waals surface area contributed by atoms with Crippen LogP contribution in [0.3, 0.4) is 0 Å². The summed E-state index contributed by atoms with van der Waals surface area (Å²) < 4.78 is 5.74. The lowest BCUT2D eigenvalue weighted by Gasteiger charge is -2.21. The number of pyridine rings is 1. The minimum Gasteiger partial charge on any atom is -0.470 e. The van der Waals surface area contributed by atoms with Crippen LogP contribution in [0.1, 0.15) is 53.4 Å². The van der Waals surface area contributed by atoms with Crippen LogP contribution in [0.25, 0.3) is 0 Å². The highest BCUT2D eigenvalue weighted by Gasteiger charge is 2.15. The van der Waals surface area contributed by atoms with Crippen molar-refractivity contribution >= 4 is 11.5 Å². The number of hydrogen-bond acceptors (Lipinski definition) is 4. The van der Waals surface area contributed by atoms with Crippen LogP contribution in [-0.2, 0) is 0 Å². The van der Waals surface area contributed by atoms with Crippen LogP contribution < -0.4 is 15.8 Å². The molecule has 0 unspecified atom stereocenters. The molecule has 19 heavy (non-hydrogen) atoms. The number of aromatic nitrogens is 1. The van der Waals surface area contributed by atoms with Crippen LogP contribution in [0.4, 0.5) is 11.5 Å². The second kappa shape index (κ2) is 7.22. The zero-order valence-corrected chi connectivity index (χ0v) is 12.6. The first-order valence-electron chi connectivity index (χ1n) is 7.12. The van der Waals surface area contributed by atoms with E-state index in [2.05, 4.69) is 17.2 Å². The zero-order chi connectivity index (χ0) is 14.3. The summed E-state index contributed by atoms with van der Waals surface area (Å²) in [5.74, 6) is 1.33. The molecule has 4 nitrogen and oxygen atoms in total. The summed E-state index contributed by atoms with van der Waals surface area (Å²) in [6.07, 6.45) is 4.96. The molecule has 4 heteroatoms. The molecule has 0 radical (unpaired) electrons. The number of unbranched alkanes of at least 4 members (excludes halogenated alkanes) is 3. The molecule has 1 aromatic heterocycles. The summed E-state index contributed by atoms with van der Waals surface area (Å²) in [6.45, 7) is 9.11. The topological polar surface area (TPSA) is 60.2 Å². The van der Waals surface area contributed by atoms with Crippen molar-refractivity contribution in [1.29, 1.82) is 0 Å². The summed E-state index contributed by atoms with van der Waals surface area (Å²) in [7, 11) is 0. The minimum absolute atomic E-state index is 0.291. The van der Waals surface area contributed by atoms with Gasteiger partial charge in [-0.25, -0.2) is 0 Å². The standard InChI is InChI=1S/C15H27N3O/c1-5-6-7-8-11-17-13-10-9-12(16)14(18-13)19-15(2,3)4/h9-10H,5-8,11,16H2,1-4H3,(H,17,18). The Bertz CT molecular complexity index is 385. The number of nitrogens with zero attached hydrogens (tertiary/aromatic N) is 1. The van der Waals surface area contributed by atoms with Crippen molar-refractivity contribution in [2.24, 2.45) is 0 Å². The van der Waals surface area contributed by atoms with Gasteiger partial charge in [0.1, 0.15) is 11.4 Å². The van der Waals surface area contributed by atoms with Crippen molar-refractivity contribution in [2.75, 3.05) is 17.6 Å². The van der Waals surface area contributed by atoms with Gasteiger partial charge in [-0.3, -0.25) is 0 Å². The van der Waals surface area contributed by atoms with E-state index in [-0.39, 0.29) is 5.60 Å². The maximum absolute atomic E-state index is 5.88. The highest BCUT2D eigenvalue weighted by Crippen LogP contribution is 2.24. The summed E-state index contributed by atoms with van der Waals surface area (Å²) in [5.41, 5.74) is 6.16. The molecule has 0 spiro atoms. The monoisotopic (exact) mass is 265 g/mol. The molecule has 3 N–H and O–H groups in total. The number of hydrogen-bond donors (Lipinski definition) is 2. The fourth-order valence-corrected chi connectivity index (χ4v) is 1.69. The molecule has 0 aromatic carbocycles. The summed E-state index contributed by atoms with van der Waals surface area (Å²) in [4.78, 5) is 4.42. The molecule has 0 bridgehead atoms. The Morgan fingerprint density at radius 3 is 2.58 bits per heavy atom. The van der Waals surface area contributed by atoms with Crippen molar-refractivity contribution in [3.8, 4) is 5.88 Å². The van der Waals surface area contributed by atoms with E-state index < -0.39 is 0 Å². The molecule has 0 amide bonds. The van der Waals surface area contributed by atoms with Crippen LogP contribution in [0.2, 0.25) is 0 Å². The van der Waals surface area contributed by atoms with Crippen molar-refractivity contribution in [1.82, 2.24) is 4.98 Å². The van der Waals surface area contributed by atoms with Crippen LogP contribution in [-0.4, -0.2) is 17.1 Å². The fraction of sp³-hybridized carbons (Fsp3) is 0.667. The maximum atomic E-state index is 5.88. The Morgan fingerprint density at radius 2 is 1.95 bits per heavy atom. The van der Waals surface area contributed by atoms with E-state index in [0.29, 0.717) is 11.6 Å². The Balaban J connectivity index is 2.53. The molecule has 1 heterocycles. The van der Waals surface area contributed by atoms with Crippen LogP contribution in [0, 0.1) is 0 Å². The van der Waals surface area contributed by atoms with Gasteiger partial charge < -0.3 is 15.8 Å². The number of nitrogens with two attached hydrogens (primary N) is 1. The first kappa shape index (κ1) is 15.6. The van der Waals surface area contributed by atoms with Gasteiger partial charge in [0.05, 0.1) is 5.69 Å². The van der Waals surface area contributed by atoms with Crippen molar-refractivity contribution < 1.29 is 4.74 Å². The number of nitrogen functional groups attached to an aromatic ring is 1. The smallest absolute Gasteiger partial charge is 0.239 e. The van der Waals surface area contributed by atoms with Gasteiger partial charge in [0, 0.05) is 6.54 Å². The average Bonchev–Trinajstić information content (AvgIpc) is 2.31. The molecule has 108 valence electrons. The van der Waals surface area contributed by atoms with E-state index in [1.54, 1.807) is 0 Å². The number of rotatable bonds is 7. The molecule has 1 rings (SSSR count). The molecule has 0 fully saturated rings. The Labute approximate surface area is 116 Å². The second-order valence-corrected chi connectivity index (χ2v) is 5.79. The third-order valence-electron chi connectivity index (χ3n) is 2.63. The molecule has 0 saturated heterocycles. The maximum Gasteiger partial charge on any atom is 0.239 e. The largest absolute Gasteiger partial charge is 0.470 e. The highest BCUT2D eigenvalue weighted by atomic mass is 16.5. The molecular weight excluding hydrogens is 238 g/mol. The van der Waals surface area contributed by atoms with Crippen molar-refractivity contribution in [2.45, 2.75) is 59.0 Å². The predicted octanol–water partition coefficient (Wildman–Crippen LogP) is 3.83. The SMILES string of the molecule is CCCCCCNc1ccc(N)c(OC(C)(C)C)n1. The van der Waals surface area contributed by atoms with E-state index in [1.165, 1.54) is 19.3 Å². The van der Waals surface area contributed by atoms with Crippen LogP contribution >= 0.6 is 0 Å². The molecule has 0 atom stereocenters. The summed E-state index contributed by atoms with van der Waals surface area (Å²) >= 11 is 0. The van der Waals surface area contributed by atoms with Crippen LogP contribution in [0.5, 0.6) is 5.88 Å². The number of nitrogens with one attached hydrogen (secondary N) is 1. The lowest BCUT2D eigenvalue weighted by Crippen LogP contribution is -2.24. The van der Waals surface area contributed by atoms with E-state index >= 15 is 0 Å². The molecule has 0 saturated carbocycles. The van der Waals surface area contributed by atoms with Gasteiger partial charge in [0.2, 0.25) is 5.88 Å². The Morgan fingerprint density at radius 1 is 1.21 bits per heavy atom. The summed E-state index contributed by atoms with van der Waals surface area (Å²) in [5, 5.41) is 3.31. The van der Waals surface area contributed by atoms with Gasteiger partial charge >= 0.3 is 0 Å². The quantitative estimate of drug-likeness (QED) is 0.735. The first-order chi connectivity index (χ1) is 8.92. The minimum atomic E-state index is -0.291. The van der Waals surface area contributed by atoms with Gasteiger partial charge in [-0.2, -0.15) is 4.98 Å². The number of ether oxygens (including phenoxy) is 1. The zero-order valence-electron chi connectivity index (χ0n) is 12.6. The Kier molecular flexibility index (Phi) is 5.93. The van der Waals surface area contributed by atoms with Gasteiger partial charge in [-0.1, -0.05) is 26.2 Å². The lowest BCUT2D eigenvalue weighted by molar-refractivity contribution is 0.125. The fourth-order valence-electron chi connectivity index (χ4n) is 1.69. The summed E-state index contributed by atoms with van der Waals surface area (Å²) in [6, 6.07) is 3.73. The molecule has 0 aliphatic carbocycles. The van der Waals surface area contributed by atoms with E-state index in [1.807, 2.05) is 32.9 Å². The number of anilines is 2. The van der Waals surface area contributed by atoms with Crippen molar-refractivity contribution in [3.63, 3.8) is 0 Å². The molecule has 0 aliphatic heterocycles. The van der Waals surface area contributed by atoms with E-state index in [4.69, 9.17) is 10.5 Å². The van der Waals surface area contributed by atoms with Crippen LogP contribution in [0.15, 0.2) is 12.1 Å². The van der Waals surface area contributed by atoms with Gasteiger partial charge in [0.25, 0.3) is 0 Å².